The van der Waals surface area contributed by atoms with E-state index < -0.39 is 6.10 Å². The van der Waals surface area contributed by atoms with Crippen molar-refractivity contribution in [3.05, 3.63) is 60.5 Å². The fraction of sp³-hybridized carbons (Fsp3) is 0.158. The van der Waals surface area contributed by atoms with Gasteiger partial charge in [0.05, 0.1) is 19.1 Å². The number of ether oxygens (including phenoxy) is 1. The van der Waals surface area contributed by atoms with Crippen molar-refractivity contribution in [3.63, 3.8) is 0 Å². The largest absolute Gasteiger partial charge is 0.497 e. The Morgan fingerprint density at radius 3 is 2.81 bits per heavy atom. The van der Waals surface area contributed by atoms with Crippen LogP contribution < -0.4 is 10.1 Å². The summed E-state index contributed by atoms with van der Waals surface area (Å²) >= 11 is 0. The second-order valence-electron chi connectivity index (χ2n) is 5.80. The molecule has 0 spiro atoms. The van der Waals surface area contributed by atoms with Crippen LogP contribution >= 0.6 is 0 Å². The topological polar surface area (TPSA) is 98.8 Å². The highest BCUT2D eigenvalue weighted by molar-refractivity contribution is 6.05. The Bertz CT molecular complexity index is 968. The molecule has 0 saturated carbocycles. The third kappa shape index (κ3) is 3.64. The normalized spacial score (nSPS) is 15.7. The predicted octanol–water partition coefficient (Wildman–Crippen LogP) is 2.88. The molecule has 1 aliphatic rings. The van der Waals surface area contributed by atoms with Gasteiger partial charge in [0, 0.05) is 12.6 Å². The monoisotopic (exact) mass is 364 g/mol. The molecule has 0 bridgehead atoms. The Hall–Kier alpha value is -3.68. The molecule has 1 amide bonds. The van der Waals surface area contributed by atoms with Gasteiger partial charge >= 0.3 is 0 Å². The Balaban J connectivity index is 1.40. The average Bonchev–Trinajstić information content (AvgIpc) is 3.40. The lowest BCUT2D eigenvalue weighted by molar-refractivity contribution is -0.125. The Morgan fingerprint density at radius 2 is 2.07 bits per heavy atom. The van der Waals surface area contributed by atoms with Gasteiger partial charge in [0.25, 0.3) is 5.91 Å². The number of nitrogens with zero attached hydrogens (tertiary/aromatic N) is 3. The van der Waals surface area contributed by atoms with Crippen LogP contribution in [0.1, 0.15) is 12.0 Å². The van der Waals surface area contributed by atoms with Crippen LogP contribution in [0.4, 0.5) is 5.95 Å². The van der Waals surface area contributed by atoms with Crippen LogP contribution in [0.3, 0.4) is 0 Å². The van der Waals surface area contributed by atoms with Crippen molar-refractivity contribution in [2.24, 2.45) is 5.16 Å². The number of carbonyl (C=O) groups is 1. The van der Waals surface area contributed by atoms with Crippen molar-refractivity contribution in [2.75, 3.05) is 12.4 Å². The Morgan fingerprint density at radius 1 is 1.22 bits per heavy atom. The molecule has 8 heteroatoms. The minimum absolute atomic E-state index is 0.176. The summed E-state index contributed by atoms with van der Waals surface area (Å²) in [6.07, 6.45) is 2.73. The van der Waals surface area contributed by atoms with Gasteiger partial charge in [0.1, 0.15) is 11.4 Å². The molecule has 3 aromatic rings. The van der Waals surface area contributed by atoms with E-state index in [1.54, 1.807) is 37.8 Å². The van der Waals surface area contributed by atoms with Gasteiger partial charge in [-0.15, -0.1) is 0 Å². The average molecular weight is 364 g/mol. The third-order valence-corrected chi connectivity index (χ3v) is 4.05. The Kier molecular flexibility index (Phi) is 4.52. The fourth-order valence-electron chi connectivity index (χ4n) is 2.64. The first-order valence-electron chi connectivity index (χ1n) is 8.28. The number of nitrogens with one attached hydrogen (secondary N) is 1. The molecule has 1 atom stereocenters. The van der Waals surface area contributed by atoms with Crippen molar-refractivity contribution in [1.29, 1.82) is 0 Å². The summed E-state index contributed by atoms with van der Waals surface area (Å²) < 4.78 is 10.4. The van der Waals surface area contributed by atoms with Crippen molar-refractivity contribution >= 4 is 17.6 Å². The molecule has 136 valence electrons. The van der Waals surface area contributed by atoms with Crippen LogP contribution in [0.5, 0.6) is 5.75 Å². The van der Waals surface area contributed by atoms with Crippen molar-refractivity contribution in [1.82, 2.24) is 9.97 Å². The van der Waals surface area contributed by atoms with E-state index in [1.165, 1.54) is 0 Å². The molecule has 1 aliphatic heterocycles. The van der Waals surface area contributed by atoms with E-state index >= 15 is 0 Å². The van der Waals surface area contributed by atoms with Crippen LogP contribution in [-0.2, 0) is 9.63 Å². The lowest BCUT2D eigenvalue weighted by Crippen LogP contribution is -2.28. The number of rotatable bonds is 5. The number of hydrogen-bond acceptors (Lipinski definition) is 7. The first-order chi connectivity index (χ1) is 13.2. The molecular formula is C19H16N4O4. The van der Waals surface area contributed by atoms with E-state index in [2.05, 4.69) is 20.4 Å². The smallest absolute Gasteiger partial charge is 0.271 e. The van der Waals surface area contributed by atoms with E-state index in [0.29, 0.717) is 23.6 Å². The van der Waals surface area contributed by atoms with Crippen LogP contribution in [0, 0.1) is 0 Å². The molecule has 27 heavy (non-hydrogen) atoms. The molecule has 2 aromatic heterocycles. The zero-order valence-corrected chi connectivity index (χ0v) is 14.5. The van der Waals surface area contributed by atoms with Gasteiger partial charge < -0.3 is 14.0 Å². The number of oxime groups is 1. The summed E-state index contributed by atoms with van der Waals surface area (Å²) in [5.41, 5.74) is 2.15. The van der Waals surface area contributed by atoms with Gasteiger partial charge in [0.15, 0.2) is 5.76 Å². The summed E-state index contributed by atoms with van der Waals surface area (Å²) in [6, 6.07) is 12.7. The highest BCUT2D eigenvalue weighted by atomic mass is 16.6. The first-order valence-corrected chi connectivity index (χ1v) is 8.28. The minimum Gasteiger partial charge on any atom is -0.497 e. The summed E-state index contributed by atoms with van der Waals surface area (Å²) in [4.78, 5) is 26.1. The zero-order chi connectivity index (χ0) is 18.6. The number of furan rings is 1. The molecule has 0 aliphatic carbocycles. The summed E-state index contributed by atoms with van der Waals surface area (Å²) in [5, 5.41) is 6.68. The molecule has 0 fully saturated rings. The van der Waals surface area contributed by atoms with Gasteiger partial charge in [-0.05, 0) is 48.0 Å². The molecule has 8 nitrogen and oxygen atoms in total. The van der Waals surface area contributed by atoms with E-state index in [9.17, 15) is 4.79 Å². The number of benzene rings is 1. The van der Waals surface area contributed by atoms with Gasteiger partial charge in [-0.1, -0.05) is 5.16 Å². The van der Waals surface area contributed by atoms with Gasteiger partial charge in [0.2, 0.25) is 12.1 Å². The number of amides is 1. The highest BCUT2D eigenvalue weighted by Gasteiger charge is 2.29. The lowest BCUT2D eigenvalue weighted by atomic mass is 10.0. The molecule has 1 N–H and O–H groups in total. The number of hydrogen-bond donors (Lipinski definition) is 1. The number of anilines is 1. The highest BCUT2D eigenvalue weighted by Crippen LogP contribution is 2.21. The standard InChI is InChI=1S/C19H16N4O4/c1-25-13-6-4-12(5-7-13)15-11-17(27-23-15)18(24)22-19-20-9-8-14(21-19)16-3-2-10-26-16/h2-10,17H,11H2,1H3,(H,20,21,22,24)/t17-/m0/s1. The lowest BCUT2D eigenvalue weighted by Gasteiger charge is -2.08. The van der Waals surface area contributed by atoms with Gasteiger partial charge in [-0.25, -0.2) is 9.97 Å². The number of carbonyl (C=O) groups excluding carboxylic acids is 1. The maximum Gasteiger partial charge on any atom is 0.271 e. The second kappa shape index (κ2) is 7.28. The summed E-state index contributed by atoms with van der Waals surface area (Å²) in [5.74, 6) is 1.16. The first kappa shape index (κ1) is 16.8. The van der Waals surface area contributed by atoms with Gasteiger partial charge in [-0.3, -0.25) is 10.1 Å². The maximum absolute atomic E-state index is 12.5. The number of methoxy groups -OCH3 is 1. The quantitative estimate of drug-likeness (QED) is 0.747. The van der Waals surface area contributed by atoms with Crippen LogP contribution in [0.25, 0.3) is 11.5 Å². The zero-order valence-electron chi connectivity index (χ0n) is 14.5. The van der Waals surface area contributed by atoms with Gasteiger partial charge in [-0.2, -0.15) is 0 Å². The molecule has 0 unspecified atom stereocenters. The van der Waals surface area contributed by atoms with Crippen LogP contribution in [-0.4, -0.2) is 34.8 Å². The van der Waals surface area contributed by atoms with Crippen LogP contribution in [0.15, 0.2) is 64.5 Å². The fourth-order valence-corrected chi connectivity index (χ4v) is 2.64. The second-order valence-corrected chi connectivity index (χ2v) is 5.80. The summed E-state index contributed by atoms with van der Waals surface area (Å²) in [6.45, 7) is 0. The summed E-state index contributed by atoms with van der Waals surface area (Å²) in [7, 11) is 1.61. The SMILES string of the molecule is COc1ccc(C2=NO[C@H](C(=O)Nc3nccc(-c4ccco4)n3)C2)cc1. The molecule has 0 saturated heterocycles. The molecular weight excluding hydrogens is 348 g/mol. The molecule has 4 rings (SSSR count). The minimum atomic E-state index is -0.738. The predicted molar refractivity (Wildman–Crippen MR) is 97.4 cm³/mol. The molecule has 3 heterocycles. The molecule has 0 radical (unpaired) electrons. The number of aromatic nitrogens is 2. The van der Waals surface area contributed by atoms with Crippen molar-refractivity contribution < 1.29 is 18.8 Å². The molecule has 1 aromatic carbocycles. The van der Waals surface area contributed by atoms with Crippen molar-refractivity contribution in [3.8, 4) is 17.2 Å². The van der Waals surface area contributed by atoms with E-state index in [1.807, 2.05) is 24.3 Å². The van der Waals surface area contributed by atoms with Crippen molar-refractivity contribution in [2.45, 2.75) is 12.5 Å². The van der Waals surface area contributed by atoms with E-state index in [0.717, 1.165) is 11.3 Å². The van der Waals surface area contributed by atoms with E-state index in [4.69, 9.17) is 14.0 Å². The van der Waals surface area contributed by atoms with E-state index in [-0.39, 0.29) is 11.9 Å². The third-order valence-electron chi connectivity index (χ3n) is 4.05. The maximum atomic E-state index is 12.5. The van der Waals surface area contributed by atoms with Crippen LogP contribution in [0.2, 0.25) is 0 Å². The Labute approximate surface area is 154 Å².